The molecule has 0 heterocycles. The molecule has 0 aliphatic rings. The van der Waals surface area contributed by atoms with Crippen molar-refractivity contribution < 1.29 is 80.2 Å². The molecule has 0 aromatic heterocycles. The lowest BCUT2D eigenvalue weighted by Gasteiger charge is -2.21. The minimum atomic E-state index is -4.96. The Balaban J connectivity index is 5.24. The summed E-state index contributed by atoms with van der Waals surface area (Å²) >= 11 is 0. The van der Waals surface area contributed by atoms with Gasteiger partial charge in [-0.05, 0) is 49.4 Å². The van der Waals surface area contributed by atoms with Crippen molar-refractivity contribution in [1.29, 1.82) is 0 Å². The molecular weight excluding hydrogens is 1230 g/mol. The van der Waals surface area contributed by atoms with E-state index < -0.39 is 97.5 Å². The Hall–Kier alpha value is -1.94. The Bertz CT molecular complexity index is 1850. The quantitative estimate of drug-likeness (QED) is 0.0222. The predicted octanol–water partition coefficient (Wildman–Crippen LogP) is 21.7. The van der Waals surface area contributed by atoms with Crippen LogP contribution in [0.2, 0.25) is 0 Å². The third-order valence-electron chi connectivity index (χ3n) is 17.7. The number of carbonyl (C=O) groups excluding carboxylic acids is 4. The van der Waals surface area contributed by atoms with Crippen LogP contribution in [0.4, 0.5) is 0 Å². The van der Waals surface area contributed by atoms with Crippen molar-refractivity contribution in [2.75, 3.05) is 39.6 Å². The highest BCUT2D eigenvalue weighted by molar-refractivity contribution is 7.47. The molecule has 0 saturated heterocycles. The van der Waals surface area contributed by atoms with Gasteiger partial charge in [0.2, 0.25) is 0 Å². The molecule has 0 aliphatic carbocycles. The fourth-order valence-electron chi connectivity index (χ4n) is 11.3. The van der Waals surface area contributed by atoms with Gasteiger partial charge in [0, 0.05) is 25.7 Å². The molecule has 0 fully saturated rings. The van der Waals surface area contributed by atoms with Gasteiger partial charge in [-0.1, -0.05) is 325 Å². The van der Waals surface area contributed by atoms with Crippen molar-refractivity contribution in [3.63, 3.8) is 0 Å². The van der Waals surface area contributed by atoms with E-state index in [9.17, 15) is 43.2 Å². The van der Waals surface area contributed by atoms with Gasteiger partial charge in [0.25, 0.3) is 0 Å². The summed E-state index contributed by atoms with van der Waals surface area (Å²) in [5.74, 6) is 0.929. The van der Waals surface area contributed by atoms with Gasteiger partial charge in [-0.2, -0.15) is 0 Å². The van der Waals surface area contributed by atoms with Gasteiger partial charge in [0.1, 0.15) is 19.3 Å². The molecule has 558 valence electrons. The van der Waals surface area contributed by atoms with Crippen molar-refractivity contribution >= 4 is 39.5 Å². The van der Waals surface area contributed by atoms with Gasteiger partial charge < -0.3 is 33.8 Å². The number of aliphatic hydroxyl groups excluding tert-OH is 1. The third-order valence-corrected chi connectivity index (χ3v) is 19.6. The fourth-order valence-corrected chi connectivity index (χ4v) is 12.9. The number of aliphatic hydroxyl groups is 1. The highest BCUT2D eigenvalue weighted by Crippen LogP contribution is 2.45. The first-order chi connectivity index (χ1) is 45.1. The predicted molar refractivity (Wildman–Crippen MR) is 381 cm³/mol. The van der Waals surface area contributed by atoms with Crippen molar-refractivity contribution in [3.8, 4) is 0 Å². The Labute approximate surface area is 575 Å². The molecule has 94 heavy (non-hydrogen) atoms. The third kappa shape index (κ3) is 67.3. The fraction of sp³-hybridized carbons (Fsp3) is 0.947. The normalized spacial score (nSPS) is 14.4. The van der Waals surface area contributed by atoms with Crippen LogP contribution in [-0.4, -0.2) is 96.7 Å². The number of ether oxygens (including phenoxy) is 4. The highest BCUT2D eigenvalue weighted by Gasteiger charge is 2.30. The summed E-state index contributed by atoms with van der Waals surface area (Å²) in [6.45, 7) is 14.2. The van der Waals surface area contributed by atoms with E-state index in [1.165, 1.54) is 173 Å². The molecule has 0 radical (unpaired) electrons. The van der Waals surface area contributed by atoms with Crippen LogP contribution < -0.4 is 0 Å². The lowest BCUT2D eigenvalue weighted by atomic mass is 9.99. The van der Waals surface area contributed by atoms with E-state index in [-0.39, 0.29) is 25.7 Å². The molecule has 17 nitrogen and oxygen atoms in total. The van der Waals surface area contributed by atoms with Crippen LogP contribution in [-0.2, 0) is 65.4 Å². The molecule has 0 aliphatic heterocycles. The van der Waals surface area contributed by atoms with Crippen LogP contribution in [0, 0.1) is 23.7 Å². The van der Waals surface area contributed by atoms with E-state index in [0.717, 1.165) is 114 Å². The topological polar surface area (TPSA) is 237 Å². The minimum absolute atomic E-state index is 0.105. The first-order valence-electron chi connectivity index (χ1n) is 38.7. The summed E-state index contributed by atoms with van der Waals surface area (Å²) in [6, 6.07) is 0. The number of carbonyl (C=O) groups is 4. The number of phosphoric ester groups is 2. The molecule has 0 spiro atoms. The zero-order chi connectivity index (χ0) is 69.6. The standard InChI is InChI=1S/C75H146O17P2/c1-9-68(8)54-46-38-30-24-25-33-42-50-58-75(80)92-70(61-85-72(77)55-47-39-31-22-18-14-10-12-16-20-27-35-43-51-65(2)3)63-89-93(81,82)87-59-69(76)60-88-94(83,84)90-64-71(62-86-73(78)56-48-40-34-26-29-37-45-53-67(6)7)91-74(79)57-49-41-32-23-19-15-11-13-17-21-28-36-44-52-66(4)5/h65-71,76H,9-64H2,1-8H3,(H,81,82)(H,83,84)/t68?,69?,70-,71-/m1/s1. The SMILES string of the molecule is CCC(C)CCCCCCCCCCC(=O)O[C@H](COC(=O)CCCCCCCCCCCCCCCC(C)C)COP(=O)(O)OCC(O)COP(=O)(O)OC[C@@H](COC(=O)CCCCCCCCCC(C)C)OC(=O)CCCCCCCCCCCCCCCC(C)C. The molecule has 0 bridgehead atoms. The van der Waals surface area contributed by atoms with Crippen molar-refractivity contribution in [2.45, 2.75) is 395 Å². The van der Waals surface area contributed by atoms with Gasteiger partial charge in [-0.15, -0.1) is 0 Å². The largest absolute Gasteiger partial charge is 0.472 e. The summed E-state index contributed by atoms with van der Waals surface area (Å²) in [7, 11) is -9.91. The van der Waals surface area contributed by atoms with Crippen molar-refractivity contribution in [2.24, 2.45) is 23.7 Å². The van der Waals surface area contributed by atoms with Gasteiger partial charge in [-0.25, -0.2) is 9.13 Å². The molecule has 4 unspecified atom stereocenters. The van der Waals surface area contributed by atoms with E-state index in [1.807, 2.05) is 0 Å². The monoisotopic (exact) mass is 1380 g/mol. The van der Waals surface area contributed by atoms with E-state index in [1.54, 1.807) is 0 Å². The molecule has 0 amide bonds. The van der Waals surface area contributed by atoms with E-state index in [2.05, 4.69) is 55.4 Å². The second kappa shape index (κ2) is 64.4. The Morgan fingerprint density at radius 3 is 0.755 bits per heavy atom. The lowest BCUT2D eigenvalue weighted by Crippen LogP contribution is -2.30. The summed E-state index contributed by atoms with van der Waals surface area (Å²) in [4.78, 5) is 72.8. The van der Waals surface area contributed by atoms with Crippen LogP contribution in [0.5, 0.6) is 0 Å². The summed E-state index contributed by atoms with van der Waals surface area (Å²) in [5.41, 5.74) is 0. The zero-order valence-corrected chi connectivity index (χ0v) is 63.4. The van der Waals surface area contributed by atoms with Gasteiger partial charge in [-0.3, -0.25) is 37.3 Å². The summed E-state index contributed by atoms with van der Waals surface area (Å²) in [6.07, 6.45) is 48.6. The van der Waals surface area contributed by atoms with Gasteiger partial charge in [0.15, 0.2) is 12.2 Å². The smallest absolute Gasteiger partial charge is 0.462 e. The highest BCUT2D eigenvalue weighted by atomic mass is 31.2. The molecular formula is C75H146O17P2. The van der Waals surface area contributed by atoms with Crippen LogP contribution in [0.1, 0.15) is 376 Å². The molecule has 0 aromatic rings. The first kappa shape index (κ1) is 92.1. The maximum Gasteiger partial charge on any atom is 0.472 e. The number of hydrogen-bond donors (Lipinski definition) is 3. The Morgan fingerprint density at radius 2 is 0.511 bits per heavy atom. The zero-order valence-electron chi connectivity index (χ0n) is 61.6. The molecule has 0 rings (SSSR count). The Morgan fingerprint density at radius 1 is 0.298 bits per heavy atom. The maximum absolute atomic E-state index is 13.1. The lowest BCUT2D eigenvalue weighted by molar-refractivity contribution is -0.161. The van der Waals surface area contributed by atoms with Crippen molar-refractivity contribution in [1.82, 2.24) is 0 Å². The van der Waals surface area contributed by atoms with Crippen LogP contribution in [0.3, 0.4) is 0 Å². The minimum Gasteiger partial charge on any atom is -0.462 e. The van der Waals surface area contributed by atoms with Gasteiger partial charge >= 0.3 is 39.5 Å². The van der Waals surface area contributed by atoms with Crippen LogP contribution in [0.25, 0.3) is 0 Å². The first-order valence-corrected chi connectivity index (χ1v) is 41.7. The summed E-state index contributed by atoms with van der Waals surface area (Å²) in [5, 5.41) is 10.6. The average molecular weight is 1380 g/mol. The maximum atomic E-state index is 13.1. The molecule has 0 aromatic carbocycles. The van der Waals surface area contributed by atoms with Crippen LogP contribution in [0.15, 0.2) is 0 Å². The van der Waals surface area contributed by atoms with Crippen molar-refractivity contribution in [3.05, 3.63) is 0 Å². The molecule has 6 atom stereocenters. The van der Waals surface area contributed by atoms with E-state index in [4.69, 9.17) is 37.0 Å². The van der Waals surface area contributed by atoms with Gasteiger partial charge in [0.05, 0.1) is 26.4 Å². The second-order valence-corrected chi connectivity index (χ2v) is 31.6. The molecule has 0 saturated carbocycles. The summed E-state index contributed by atoms with van der Waals surface area (Å²) < 4.78 is 68.5. The number of rotatable bonds is 72. The molecule has 19 heteroatoms. The number of hydrogen-bond acceptors (Lipinski definition) is 15. The second-order valence-electron chi connectivity index (χ2n) is 28.7. The van der Waals surface area contributed by atoms with Crippen LogP contribution >= 0.6 is 15.6 Å². The number of unbranched alkanes of at least 4 members (excludes halogenated alkanes) is 37. The number of esters is 4. The van der Waals surface area contributed by atoms with E-state index >= 15 is 0 Å². The Kier molecular flexibility index (Phi) is 63.1. The van der Waals surface area contributed by atoms with E-state index in [0.29, 0.717) is 31.6 Å². The average Bonchev–Trinajstić information content (AvgIpc) is 1.84. The number of phosphoric acid groups is 2. The molecule has 3 N–H and O–H groups in total.